The summed E-state index contributed by atoms with van der Waals surface area (Å²) in [5.74, 6) is 0.824. The van der Waals surface area contributed by atoms with Crippen LogP contribution in [0.4, 0.5) is 5.69 Å². The summed E-state index contributed by atoms with van der Waals surface area (Å²) in [5.41, 5.74) is 2.05. The van der Waals surface area contributed by atoms with Crippen LogP contribution in [0.5, 0.6) is 5.75 Å². The molecule has 0 bridgehead atoms. The van der Waals surface area contributed by atoms with Crippen LogP contribution in [0, 0.1) is 0 Å². The molecule has 2 amide bonds. The van der Waals surface area contributed by atoms with Crippen LogP contribution in [0.2, 0.25) is 5.02 Å². The number of hydrogen-bond acceptors (Lipinski definition) is 5. The van der Waals surface area contributed by atoms with E-state index < -0.39 is 5.54 Å². The first-order valence-corrected chi connectivity index (χ1v) is 13.5. The normalized spacial score (nSPS) is 19.1. The van der Waals surface area contributed by atoms with Gasteiger partial charge in [0.25, 0.3) is 5.91 Å². The van der Waals surface area contributed by atoms with E-state index >= 15 is 0 Å². The molecule has 0 saturated carbocycles. The fourth-order valence-electron chi connectivity index (χ4n) is 5.88. The van der Waals surface area contributed by atoms with Gasteiger partial charge in [-0.15, -0.1) is 0 Å². The molecule has 38 heavy (non-hydrogen) atoms. The second kappa shape index (κ2) is 10.3. The van der Waals surface area contributed by atoms with Crippen molar-refractivity contribution in [3.8, 4) is 5.75 Å². The van der Waals surface area contributed by atoms with Crippen molar-refractivity contribution < 1.29 is 14.3 Å². The molecule has 0 aromatic heterocycles. The number of likely N-dealkylation sites (tertiary alicyclic amines) is 1. The van der Waals surface area contributed by atoms with Crippen LogP contribution >= 0.6 is 11.6 Å². The minimum atomic E-state index is -0.581. The van der Waals surface area contributed by atoms with Crippen LogP contribution < -0.4 is 9.64 Å². The smallest absolute Gasteiger partial charge is 0.260 e. The molecule has 2 fully saturated rings. The largest absolute Gasteiger partial charge is 0.472 e. The summed E-state index contributed by atoms with van der Waals surface area (Å²) < 4.78 is 5.79. The highest BCUT2D eigenvalue weighted by Gasteiger charge is 2.53. The standard InChI is InChI=1S/C30H31ClN4O3/c31-26-12-6-4-8-23(26)20-34-21-35(24-9-2-1-3-10-24)30(29(34)37)14-16-32(17-15-30)18-19-33-22-38-27-13-7-5-11-25(27)28(33)36/h1-13H,14-22H2. The maximum absolute atomic E-state index is 14.0. The summed E-state index contributed by atoms with van der Waals surface area (Å²) in [4.78, 5) is 35.2. The van der Waals surface area contributed by atoms with E-state index in [4.69, 9.17) is 16.3 Å². The van der Waals surface area contributed by atoms with Crippen LogP contribution in [-0.4, -0.2) is 71.6 Å². The van der Waals surface area contributed by atoms with Gasteiger partial charge in [-0.05, 0) is 48.7 Å². The Bertz CT molecular complexity index is 1330. The zero-order chi connectivity index (χ0) is 26.1. The van der Waals surface area contributed by atoms with Crippen LogP contribution in [0.1, 0.15) is 28.8 Å². The van der Waals surface area contributed by atoms with E-state index in [0.29, 0.717) is 36.1 Å². The fraction of sp³-hybridized carbons (Fsp3) is 0.333. The Hall–Kier alpha value is -3.55. The summed E-state index contributed by atoms with van der Waals surface area (Å²) in [6.45, 7) is 4.21. The second-order valence-electron chi connectivity index (χ2n) is 10.2. The van der Waals surface area contributed by atoms with E-state index in [1.807, 2.05) is 71.6 Å². The lowest BCUT2D eigenvalue weighted by atomic mass is 9.85. The minimum Gasteiger partial charge on any atom is -0.472 e. The van der Waals surface area contributed by atoms with Gasteiger partial charge >= 0.3 is 0 Å². The molecule has 3 aromatic rings. The number of nitrogens with zero attached hydrogens (tertiary/aromatic N) is 4. The van der Waals surface area contributed by atoms with Gasteiger partial charge in [-0.1, -0.05) is 60.1 Å². The molecule has 8 heteroatoms. The van der Waals surface area contributed by atoms with Crippen LogP contribution in [0.25, 0.3) is 0 Å². The average molecular weight is 531 g/mol. The van der Waals surface area contributed by atoms with Crippen molar-refractivity contribution in [3.05, 3.63) is 95.0 Å². The van der Waals surface area contributed by atoms with Crippen LogP contribution in [0.3, 0.4) is 0 Å². The molecule has 7 nitrogen and oxygen atoms in total. The third-order valence-electron chi connectivity index (χ3n) is 8.05. The fourth-order valence-corrected chi connectivity index (χ4v) is 6.07. The Morgan fingerprint density at radius 2 is 1.53 bits per heavy atom. The Morgan fingerprint density at radius 3 is 2.32 bits per heavy atom. The number of halogens is 1. The second-order valence-corrected chi connectivity index (χ2v) is 10.6. The van der Waals surface area contributed by atoms with Crippen molar-refractivity contribution in [3.63, 3.8) is 0 Å². The number of ether oxygens (including phenoxy) is 1. The maximum atomic E-state index is 14.0. The molecule has 3 aromatic carbocycles. The van der Waals surface area contributed by atoms with E-state index in [2.05, 4.69) is 21.9 Å². The number of para-hydroxylation sites is 2. The summed E-state index contributed by atoms with van der Waals surface area (Å²) in [6.07, 6.45) is 1.46. The molecule has 6 rings (SSSR count). The van der Waals surface area contributed by atoms with Gasteiger partial charge < -0.3 is 24.3 Å². The molecule has 2 saturated heterocycles. The van der Waals surface area contributed by atoms with Crippen molar-refractivity contribution in [2.24, 2.45) is 0 Å². The number of benzene rings is 3. The van der Waals surface area contributed by atoms with Gasteiger partial charge in [0, 0.05) is 43.4 Å². The quantitative estimate of drug-likeness (QED) is 0.470. The SMILES string of the molecule is O=C1c2ccccc2OCN1CCN1CCC2(CC1)C(=O)N(Cc1ccccc1Cl)CN2c1ccccc1. The van der Waals surface area contributed by atoms with Gasteiger partial charge in [-0.25, -0.2) is 0 Å². The summed E-state index contributed by atoms with van der Waals surface area (Å²) in [7, 11) is 0. The molecule has 1 spiro atoms. The van der Waals surface area contributed by atoms with Crippen molar-refractivity contribution in [2.45, 2.75) is 24.9 Å². The number of rotatable bonds is 6. The monoisotopic (exact) mass is 530 g/mol. The van der Waals surface area contributed by atoms with E-state index in [9.17, 15) is 9.59 Å². The average Bonchev–Trinajstić information content (AvgIpc) is 3.21. The number of anilines is 1. The highest BCUT2D eigenvalue weighted by atomic mass is 35.5. The predicted molar refractivity (Wildman–Crippen MR) is 147 cm³/mol. The highest BCUT2D eigenvalue weighted by molar-refractivity contribution is 6.31. The molecule has 3 aliphatic rings. The topological polar surface area (TPSA) is 56.3 Å². The van der Waals surface area contributed by atoms with Crippen molar-refractivity contribution >= 4 is 29.1 Å². The lowest BCUT2D eigenvalue weighted by Gasteiger charge is -2.43. The number of hydrogen-bond donors (Lipinski definition) is 0. The molecular weight excluding hydrogens is 500 g/mol. The first-order chi connectivity index (χ1) is 18.5. The predicted octanol–water partition coefficient (Wildman–Crippen LogP) is 4.47. The van der Waals surface area contributed by atoms with Gasteiger partial charge in [0.15, 0.2) is 6.73 Å². The summed E-state index contributed by atoms with van der Waals surface area (Å²) in [5, 5.41) is 0.682. The number of fused-ring (bicyclic) bond motifs is 1. The maximum Gasteiger partial charge on any atom is 0.260 e. The number of piperidine rings is 1. The first kappa shape index (κ1) is 24.8. The van der Waals surface area contributed by atoms with Gasteiger partial charge in [0.2, 0.25) is 5.91 Å². The van der Waals surface area contributed by atoms with Crippen molar-refractivity contribution in [1.29, 1.82) is 0 Å². The molecule has 196 valence electrons. The highest BCUT2D eigenvalue weighted by Crippen LogP contribution is 2.40. The van der Waals surface area contributed by atoms with Crippen LogP contribution in [0.15, 0.2) is 78.9 Å². The molecule has 0 unspecified atom stereocenters. The van der Waals surface area contributed by atoms with Gasteiger partial charge in [0.1, 0.15) is 11.3 Å². The number of carbonyl (C=O) groups is 2. The molecule has 0 atom stereocenters. The zero-order valence-electron chi connectivity index (χ0n) is 21.3. The summed E-state index contributed by atoms with van der Waals surface area (Å²) >= 11 is 6.44. The minimum absolute atomic E-state index is 0.0109. The molecule has 0 N–H and O–H groups in total. The van der Waals surface area contributed by atoms with E-state index in [-0.39, 0.29) is 18.5 Å². The lowest BCUT2D eigenvalue weighted by Crippen LogP contribution is -2.57. The summed E-state index contributed by atoms with van der Waals surface area (Å²) in [6, 6.07) is 25.3. The first-order valence-electron chi connectivity index (χ1n) is 13.1. The van der Waals surface area contributed by atoms with E-state index in [1.54, 1.807) is 4.90 Å². The van der Waals surface area contributed by atoms with Gasteiger partial charge in [-0.3, -0.25) is 9.59 Å². The van der Waals surface area contributed by atoms with Gasteiger partial charge in [0.05, 0.1) is 12.2 Å². The third-order valence-corrected chi connectivity index (χ3v) is 8.42. The zero-order valence-corrected chi connectivity index (χ0v) is 22.0. The molecule has 3 aliphatic heterocycles. The molecule has 0 radical (unpaired) electrons. The van der Waals surface area contributed by atoms with Gasteiger partial charge in [-0.2, -0.15) is 0 Å². The van der Waals surface area contributed by atoms with E-state index in [1.165, 1.54) is 0 Å². The van der Waals surface area contributed by atoms with Crippen molar-refractivity contribution in [2.75, 3.05) is 44.5 Å². The molecule has 3 heterocycles. The van der Waals surface area contributed by atoms with Crippen molar-refractivity contribution in [1.82, 2.24) is 14.7 Å². The Balaban J connectivity index is 1.15. The lowest BCUT2D eigenvalue weighted by molar-refractivity contribution is -0.134. The molecule has 0 aliphatic carbocycles. The van der Waals surface area contributed by atoms with E-state index in [0.717, 1.165) is 43.7 Å². The third kappa shape index (κ3) is 4.50. The Labute approximate surface area is 228 Å². The molecular formula is C30H31ClN4O3. The number of carbonyl (C=O) groups excluding carboxylic acids is 2. The Kier molecular flexibility index (Phi) is 6.72. The number of amides is 2. The Morgan fingerprint density at radius 1 is 0.816 bits per heavy atom. The van der Waals surface area contributed by atoms with Crippen LogP contribution in [-0.2, 0) is 11.3 Å².